The first-order chi connectivity index (χ1) is 11.3. The first-order valence-electron chi connectivity index (χ1n) is 7.45. The molecule has 0 bridgehead atoms. The second-order valence-corrected chi connectivity index (χ2v) is 5.15. The van der Waals surface area contributed by atoms with Crippen LogP contribution in [0.5, 0.6) is 0 Å². The van der Waals surface area contributed by atoms with Crippen LogP contribution in [0.3, 0.4) is 0 Å². The molecule has 128 valence electrons. The number of carbonyl (C=O) groups excluding carboxylic acids is 2. The monoisotopic (exact) mass is 328 g/mol. The van der Waals surface area contributed by atoms with Crippen molar-refractivity contribution in [3.8, 4) is 0 Å². The van der Waals surface area contributed by atoms with Gasteiger partial charge in [0.05, 0.1) is 12.6 Å². The lowest BCUT2D eigenvalue weighted by atomic mass is 9.94. The molecule has 0 amide bonds. The molecule has 0 aliphatic carbocycles. The van der Waals surface area contributed by atoms with E-state index in [2.05, 4.69) is 0 Å². The maximum absolute atomic E-state index is 12.1. The van der Waals surface area contributed by atoms with E-state index in [0.29, 0.717) is 5.56 Å². The molecule has 0 spiro atoms. The third-order valence-electron chi connectivity index (χ3n) is 3.37. The lowest BCUT2D eigenvalue weighted by Crippen LogP contribution is -2.52. The average Bonchev–Trinajstić information content (AvgIpc) is 2.63. The quantitative estimate of drug-likeness (QED) is 0.250. The standard InChI is InChI=1S/C15H21NO7/c16-9(6-8-4-2-1-3-5-8)11(19)13(21)15(23)14(22)12(20)10(18)7-17/h1-5,9-10,12,14-15,17-18,20,22-23H,6-7,16H2/t9-,10-,12-,14-,15+/m1/s1/i/hD. The van der Waals surface area contributed by atoms with Crippen LogP contribution in [0, 0.1) is 0 Å². The van der Waals surface area contributed by atoms with Gasteiger partial charge in [0.2, 0.25) is 11.6 Å². The number of ketones is 2. The van der Waals surface area contributed by atoms with Gasteiger partial charge in [-0.25, -0.2) is 0 Å². The van der Waals surface area contributed by atoms with Crippen molar-refractivity contribution >= 4 is 11.6 Å². The largest absolute Gasteiger partial charge is 0.394 e. The Kier molecular flexibility index (Phi) is 6.78. The van der Waals surface area contributed by atoms with E-state index in [1.54, 1.807) is 30.3 Å². The molecular weight excluding hydrogens is 306 g/mol. The van der Waals surface area contributed by atoms with E-state index in [9.17, 15) is 30.0 Å². The molecule has 0 saturated carbocycles. The van der Waals surface area contributed by atoms with Crippen LogP contribution >= 0.6 is 0 Å². The van der Waals surface area contributed by atoms with Crippen LogP contribution in [-0.2, 0) is 16.0 Å². The molecule has 0 unspecified atom stereocenters. The summed E-state index contributed by atoms with van der Waals surface area (Å²) in [7, 11) is 0. The molecule has 1 rings (SSSR count). The lowest BCUT2D eigenvalue weighted by molar-refractivity contribution is -0.154. The van der Waals surface area contributed by atoms with Crippen LogP contribution in [0.4, 0.5) is 0 Å². The molecule has 5 atom stereocenters. The minimum Gasteiger partial charge on any atom is -0.394 e. The second kappa shape index (κ2) is 8.82. The Morgan fingerprint density at radius 3 is 2.17 bits per heavy atom. The van der Waals surface area contributed by atoms with Crippen molar-refractivity contribution < 1.29 is 36.5 Å². The van der Waals surface area contributed by atoms with Crippen molar-refractivity contribution in [3.63, 3.8) is 0 Å². The first-order valence-corrected chi connectivity index (χ1v) is 6.95. The number of hydrogen-bond donors (Lipinski definition) is 6. The van der Waals surface area contributed by atoms with Crippen LogP contribution in [0.15, 0.2) is 30.3 Å². The highest BCUT2D eigenvalue weighted by molar-refractivity contribution is 6.40. The number of hydrogen-bond acceptors (Lipinski definition) is 8. The zero-order chi connectivity index (χ0) is 18.3. The summed E-state index contributed by atoms with van der Waals surface area (Å²) in [6.07, 6.45) is -8.24. The van der Waals surface area contributed by atoms with Gasteiger partial charge in [-0.15, -0.1) is 0 Å². The number of aliphatic hydroxyl groups excluding tert-OH is 5. The van der Waals surface area contributed by atoms with Gasteiger partial charge in [-0.05, 0) is 12.0 Å². The van der Waals surface area contributed by atoms with E-state index in [-0.39, 0.29) is 6.42 Å². The fourth-order valence-electron chi connectivity index (χ4n) is 1.94. The topological polar surface area (TPSA) is 161 Å². The Morgan fingerprint density at radius 2 is 1.65 bits per heavy atom. The highest BCUT2D eigenvalue weighted by atomic mass is 16.4. The second-order valence-electron chi connectivity index (χ2n) is 5.15. The normalized spacial score (nSPS) is 18.4. The number of Topliss-reactive ketones (excluding diaryl/α,β-unsaturated/α-hetero) is 2. The number of nitrogens with two attached hydrogens (primary N) is 1. The van der Waals surface area contributed by atoms with Gasteiger partial charge < -0.3 is 31.3 Å². The summed E-state index contributed by atoms with van der Waals surface area (Å²) >= 11 is 0. The fraction of sp³-hybridized carbons (Fsp3) is 0.467. The van der Waals surface area contributed by atoms with E-state index in [0.717, 1.165) is 0 Å². The Bertz CT molecular complexity index is 542. The van der Waals surface area contributed by atoms with Gasteiger partial charge in [-0.1, -0.05) is 30.3 Å². The maximum atomic E-state index is 12.1. The van der Waals surface area contributed by atoms with Gasteiger partial charge in [0.15, 0.2) is 0 Å². The lowest BCUT2D eigenvalue weighted by Gasteiger charge is -2.25. The van der Waals surface area contributed by atoms with E-state index in [1.165, 1.54) is 0 Å². The molecule has 8 heteroatoms. The number of rotatable bonds is 10. The number of aliphatic hydroxyl groups is 5. The number of carbonyl (C=O) groups is 2. The van der Waals surface area contributed by atoms with E-state index in [4.69, 9.17) is 6.52 Å². The molecule has 7 N–H and O–H groups in total. The van der Waals surface area contributed by atoms with Gasteiger partial charge in [0.1, 0.15) is 25.8 Å². The molecule has 1 aromatic rings. The summed E-state index contributed by atoms with van der Waals surface area (Å²) in [5, 5.41) is 46.7. The average molecular weight is 328 g/mol. The van der Waals surface area contributed by atoms with Gasteiger partial charge in [0, 0.05) is 0 Å². The van der Waals surface area contributed by atoms with Crippen LogP contribution < -0.4 is 5.73 Å². The summed E-state index contributed by atoms with van der Waals surface area (Å²) in [5.41, 5.74) is 2.60. The van der Waals surface area contributed by atoms with Crippen LogP contribution in [0.25, 0.3) is 0 Å². The zero-order valence-electron chi connectivity index (χ0n) is 13.2. The highest BCUT2D eigenvalue weighted by Crippen LogP contribution is 2.09. The van der Waals surface area contributed by atoms with E-state index in [1.807, 2.05) is 5.73 Å². The van der Waals surface area contributed by atoms with Crippen LogP contribution in [0.1, 0.15) is 5.56 Å². The van der Waals surface area contributed by atoms with E-state index < -0.39 is 48.6 Å². The fourth-order valence-corrected chi connectivity index (χ4v) is 1.94. The van der Waals surface area contributed by atoms with Crippen molar-refractivity contribution in [2.24, 2.45) is 5.73 Å². The molecule has 0 radical (unpaired) electrons. The summed E-state index contributed by atoms with van der Waals surface area (Å²) in [5.74, 6) is -2.56. The summed E-state index contributed by atoms with van der Waals surface area (Å²) < 4.78 is 7.17. The van der Waals surface area contributed by atoms with Crippen LogP contribution in [-0.4, -0.2) is 74.2 Å². The van der Waals surface area contributed by atoms with Gasteiger partial charge in [-0.2, -0.15) is 0 Å². The summed E-state index contributed by atoms with van der Waals surface area (Å²) in [6.45, 7) is -0.905. The predicted octanol–water partition coefficient (Wildman–Crippen LogP) is -2.87. The molecule has 0 aliphatic rings. The Morgan fingerprint density at radius 1 is 1.04 bits per heavy atom. The molecule has 0 aromatic heterocycles. The van der Waals surface area contributed by atoms with Crippen LogP contribution in [0.2, 0.25) is 1.41 Å². The number of benzene rings is 1. The smallest absolute Gasteiger partial charge is 0.231 e. The molecule has 23 heavy (non-hydrogen) atoms. The van der Waals surface area contributed by atoms with E-state index >= 15 is 0 Å². The van der Waals surface area contributed by atoms with Gasteiger partial charge in [0.25, 0.3) is 0 Å². The van der Waals surface area contributed by atoms with Crippen molar-refractivity contribution in [1.29, 1.82) is 0 Å². The highest BCUT2D eigenvalue weighted by Gasteiger charge is 2.38. The van der Waals surface area contributed by atoms with Crippen molar-refractivity contribution in [1.82, 2.24) is 0 Å². The molecule has 0 fully saturated rings. The maximum Gasteiger partial charge on any atom is 0.231 e. The minimum absolute atomic E-state index is 0.0134. The van der Waals surface area contributed by atoms with Crippen molar-refractivity contribution in [2.45, 2.75) is 36.9 Å². The molecule has 0 heterocycles. The zero-order valence-corrected chi connectivity index (χ0v) is 12.2. The van der Waals surface area contributed by atoms with Gasteiger partial charge >= 0.3 is 0 Å². The summed E-state index contributed by atoms with van der Waals surface area (Å²) in [4.78, 5) is 24.0. The molecule has 0 saturated heterocycles. The molecule has 0 aliphatic heterocycles. The molecule has 8 nitrogen and oxygen atoms in total. The third kappa shape index (κ3) is 5.17. The molecular formula is C15H21NO7. The van der Waals surface area contributed by atoms with Crippen molar-refractivity contribution in [3.05, 3.63) is 35.9 Å². The first kappa shape index (κ1) is 17.7. The predicted molar refractivity (Wildman–Crippen MR) is 79.2 cm³/mol. The summed E-state index contributed by atoms with van der Waals surface area (Å²) in [6, 6.07) is 7.32. The van der Waals surface area contributed by atoms with Crippen molar-refractivity contribution in [2.75, 3.05) is 6.61 Å². The SMILES string of the molecule is [2H]N[C@H](Cc1ccccc1)C(=O)C(=O)[C@H](O)[C@H](O)[C@H](O)[C@H](O)CO. The Hall–Kier alpha value is -1.68. The Balaban J connectivity index is 2.78. The third-order valence-corrected chi connectivity index (χ3v) is 3.37. The Labute approximate surface area is 134 Å². The van der Waals surface area contributed by atoms with Gasteiger partial charge in [-0.3, -0.25) is 9.59 Å². The minimum atomic E-state index is -2.29. The molecule has 1 aromatic carbocycles.